The van der Waals surface area contributed by atoms with Gasteiger partial charge in [0.15, 0.2) is 4.80 Å². The topological polar surface area (TPSA) is 35.1 Å². The van der Waals surface area contributed by atoms with Crippen LogP contribution in [0.5, 0.6) is 0 Å². The molecule has 4 aromatic rings. The van der Waals surface area contributed by atoms with Gasteiger partial charge in [-0.05, 0) is 49.6 Å². The number of nitrogens with zero attached hydrogens (tertiary/aromatic N) is 4. The van der Waals surface area contributed by atoms with E-state index in [4.69, 9.17) is 4.99 Å². The smallest absolute Gasteiger partial charge is 0.190 e. The summed E-state index contributed by atoms with van der Waals surface area (Å²) in [6, 6.07) is 14.9. The molecule has 29 heavy (non-hydrogen) atoms. The van der Waals surface area contributed by atoms with Crippen LogP contribution in [0.15, 0.2) is 76.0 Å². The van der Waals surface area contributed by atoms with Gasteiger partial charge in [-0.15, -0.1) is 11.3 Å². The summed E-state index contributed by atoms with van der Waals surface area (Å²) >= 11 is 5.30. The number of hydrogen-bond acceptors (Lipinski definition) is 3. The number of thiazole rings is 1. The quantitative estimate of drug-likeness (QED) is 0.337. The minimum absolute atomic E-state index is 0.896. The van der Waals surface area contributed by atoms with E-state index >= 15 is 0 Å². The largest absolute Gasteiger partial charge is 0.337 e. The predicted octanol–water partition coefficient (Wildman–Crippen LogP) is 6.12. The number of benzene rings is 2. The maximum Gasteiger partial charge on any atom is 0.190 e. The highest BCUT2D eigenvalue weighted by molar-refractivity contribution is 9.10. The van der Waals surface area contributed by atoms with Crippen LogP contribution < -0.4 is 4.80 Å². The zero-order chi connectivity index (χ0) is 20.2. The van der Waals surface area contributed by atoms with Crippen molar-refractivity contribution in [1.29, 1.82) is 0 Å². The van der Waals surface area contributed by atoms with Crippen molar-refractivity contribution in [2.75, 3.05) is 0 Å². The fourth-order valence-electron chi connectivity index (χ4n) is 3.29. The van der Waals surface area contributed by atoms with E-state index in [-0.39, 0.29) is 0 Å². The van der Waals surface area contributed by atoms with Gasteiger partial charge >= 0.3 is 0 Å². The Kier molecular flexibility index (Phi) is 6.11. The van der Waals surface area contributed by atoms with Crippen molar-refractivity contribution < 1.29 is 0 Å². The van der Waals surface area contributed by atoms with E-state index < -0.39 is 0 Å². The first-order valence-corrected chi connectivity index (χ1v) is 11.3. The highest BCUT2D eigenvalue weighted by Crippen LogP contribution is 2.25. The molecule has 2 heterocycles. The van der Waals surface area contributed by atoms with Crippen LogP contribution in [-0.2, 0) is 13.1 Å². The molecular formula is C23H23BrN4S. The van der Waals surface area contributed by atoms with E-state index in [1.54, 1.807) is 11.3 Å². The molecule has 2 aromatic heterocycles. The van der Waals surface area contributed by atoms with Crippen LogP contribution in [0, 0.1) is 13.8 Å². The van der Waals surface area contributed by atoms with Gasteiger partial charge in [-0.2, -0.15) is 0 Å². The molecule has 0 radical (unpaired) electrons. The van der Waals surface area contributed by atoms with Gasteiger partial charge in [-0.25, -0.2) is 9.98 Å². The Labute approximate surface area is 183 Å². The summed E-state index contributed by atoms with van der Waals surface area (Å²) in [6.45, 7) is 6.06. The SMILES string of the molecule is Cc1ccc(C)c(N=c2scc(-c3cccc(Br)c3)n2CCCn2ccnc2)c1. The molecule has 4 rings (SSSR count). The van der Waals surface area contributed by atoms with E-state index in [1.165, 1.54) is 22.4 Å². The maximum absolute atomic E-state index is 5.04. The number of imidazole rings is 1. The maximum atomic E-state index is 5.04. The standard InChI is InChI=1S/C23H23BrN4S/c1-17-7-8-18(2)21(13-17)26-23-28(11-4-10-27-12-9-25-16-27)22(15-29-23)19-5-3-6-20(24)14-19/h3,5-9,12-16H,4,10-11H2,1-2H3. The summed E-state index contributed by atoms with van der Waals surface area (Å²) in [6.07, 6.45) is 6.71. The summed E-state index contributed by atoms with van der Waals surface area (Å²) in [5.41, 5.74) is 5.85. The van der Waals surface area contributed by atoms with Gasteiger partial charge < -0.3 is 9.13 Å². The fourth-order valence-corrected chi connectivity index (χ4v) is 4.63. The Balaban J connectivity index is 1.74. The van der Waals surface area contributed by atoms with Crippen molar-refractivity contribution in [2.45, 2.75) is 33.4 Å². The summed E-state index contributed by atoms with van der Waals surface area (Å²) < 4.78 is 5.54. The minimum Gasteiger partial charge on any atom is -0.337 e. The predicted molar refractivity (Wildman–Crippen MR) is 123 cm³/mol. The summed E-state index contributed by atoms with van der Waals surface area (Å²) in [7, 11) is 0. The van der Waals surface area contributed by atoms with Crippen molar-refractivity contribution in [1.82, 2.24) is 14.1 Å². The van der Waals surface area contributed by atoms with Gasteiger partial charge in [-0.1, -0.05) is 40.2 Å². The molecule has 0 aliphatic heterocycles. The van der Waals surface area contributed by atoms with Crippen LogP contribution in [0.3, 0.4) is 0 Å². The van der Waals surface area contributed by atoms with E-state index in [0.29, 0.717) is 0 Å². The average Bonchev–Trinajstić information content (AvgIpc) is 3.35. The van der Waals surface area contributed by atoms with Gasteiger partial charge in [-0.3, -0.25) is 0 Å². The molecule has 0 spiro atoms. The second kappa shape index (κ2) is 8.93. The van der Waals surface area contributed by atoms with Gasteiger partial charge in [0, 0.05) is 40.9 Å². The monoisotopic (exact) mass is 466 g/mol. The van der Waals surface area contributed by atoms with Crippen molar-refractivity contribution in [3.05, 3.63) is 87.0 Å². The molecule has 0 atom stereocenters. The molecule has 0 N–H and O–H groups in total. The van der Waals surface area contributed by atoms with E-state index in [9.17, 15) is 0 Å². The number of aromatic nitrogens is 3. The van der Waals surface area contributed by atoms with E-state index in [1.807, 2.05) is 18.7 Å². The summed E-state index contributed by atoms with van der Waals surface area (Å²) in [5.74, 6) is 0. The Morgan fingerprint density at radius 3 is 2.79 bits per heavy atom. The molecule has 0 aliphatic rings. The summed E-state index contributed by atoms with van der Waals surface area (Å²) in [4.78, 5) is 10.2. The molecule has 148 valence electrons. The Hall–Kier alpha value is -2.44. The zero-order valence-corrected chi connectivity index (χ0v) is 18.9. The van der Waals surface area contributed by atoms with E-state index in [0.717, 1.165) is 34.5 Å². The molecular weight excluding hydrogens is 444 g/mol. The normalized spacial score (nSPS) is 11.9. The summed E-state index contributed by atoms with van der Waals surface area (Å²) in [5, 5.41) is 2.21. The fraction of sp³-hybridized carbons (Fsp3) is 0.217. The second-order valence-electron chi connectivity index (χ2n) is 7.12. The molecule has 0 aliphatic carbocycles. The third kappa shape index (κ3) is 4.77. The van der Waals surface area contributed by atoms with Crippen LogP contribution in [-0.4, -0.2) is 14.1 Å². The van der Waals surface area contributed by atoms with Crippen molar-refractivity contribution in [3.63, 3.8) is 0 Å². The number of halogens is 1. The molecule has 0 saturated heterocycles. The lowest BCUT2D eigenvalue weighted by atomic mass is 10.1. The number of hydrogen-bond donors (Lipinski definition) is 0. The molecule has 0 fully saturated rings. The molecule has 0 bridgehead atoms. The second-order valence-corrected chi connectivity index (χ2v) is 8.87. The van der Waals surface area contributed by atoms with Gasteiger partial charge in [0.25, 0.3) is 0 Å². The highest BCUT2D eigenvalue weighted by atomic mass is 79.9. The number of rotatable bonds is 6. The molecule has 0 unspecified atom stereocenters. The lowest BCUT2D eigenvalue weighted by Gasteiger charge is -2.10. The van der Waals surface area contributed by atoms with Crippen LogP contribution in [0.2, 0.25) is 0 Å². The van der Waals surface area contributed by atoms with Crippen LogP contribution in [0.1, 0.15) is 17.5 Å². The Morgan fingerprint density at radius 2 is 2.00 bits per heavy atom. The lowest BCUT2D eigenvalue weighted by molar-refractivity contribution is 0.559. The Morgan fingerprint density at radius 1 is 1.10 bits per heavy atom. The Bertz CT molecular complexity index is 1170. The third-order valence-corrected chi connectivity index (χ3v) is 6.21. The first-order valence-electron chi connectivity index (χ1n) is 9.62. The number of aryl methyl sites for hydroxylation is 3. The lowest BCUT2D eigenvalue weighted by Crippen LogP contribution is -2.17. The van der Waals surface area contributed by atoms with Crippen molar-refractivity contribution in [3.8, 4) is 11.3 Å². The highest BCUT2D eigenvalue weighted by Gasteiger charge is 2.09. The average molecular weight is 467 g/mol. The molecule has 0 amide bonds. The molecule has 4 nitrogen and oxygen atoms in total. The van der Waals surface area contributed by atoms with Crippen LogP contribution in [0.25, 0.3) is 11.3 Å². The first-order chi connectivity index (χ1) is 14.1. The molecule has 6 heteroatoms. The zero-order valence-electron chi connectivity index (χ0n) is 16.5. The van der Waals surface area contributed by atoms with Crippen LogP contribution >= 0.6 is 27.3 Å². The van der Waals surface area contributed by atoms with Gasteiger partial charge in [0.2, 0.25) is 0 Å². The van der Waals surface area contributed by atoms with Gasteiger partial charge in [0.1, 0.15) is 0 Å². The van der Waals surface area contributed by atoms with Crippen molar-refractivity contribution in [2.24, 2.45) is 4.99 Å². The van der Waals surface area contributed by atoms with Gasteiger partial charge in [0.05, 0.1) is 17.7 Å². The third-order valence-electron chi connectivity index (χ3n) is 4.86. The molecule has 2 aromatic carbocycles. The minimum atomic E-state index is 0.896. The van der Waals surface area contributed by atoms with E-state index in [2.05, 4.69) is 91.7 Å². The first kappa shape index (κ1) is 19.9. The van der Waals surface area contributed by atoms with Crippen LogP contribution in [0.4, 0.5) is 5.69 Å². The molecule has 0 saturated carbocycles. The van der Waals surface area contributed by atoms with Crippen molar-refractivity contribution >= 4 is 33.0 Å².